The highest BCUT2D eigenvalue weighted by Crippen LogP contribution is 2.58. The van der Waals surface area contributed by atoms with Crippen molar-refractivity contribution in [2.75, 3.05) is 7.11 Å². The number of aliphatic carboxylic acids is 1. The highest BCUT2D eigenvalue weighted by Gasteiger charge is 2.66. The lowest BCUT2D eigenvalue weighted by Crippen LogP contribution is -2.54. The molecule has 1 N–H and O–H groups in total. The number of nitrogens with zero attached hydrogens (tertiary/aromatic N) is 2. The van der Waals surface area contributed by atoms with Crippen molar-refractivity contribution in [3.63, 3.8) is 0 Å². The molecule has 4 unspecified atom stereocenters. The lowest BCUT2D eigenvalue weighted by atomic mass is 9.72. The molecule has 11 heteroatoms. The Hall–Kier alpha value is -3.76. The topological polar surface area (TPSA) is 127 Å². The third kappa shape index (κ3) is 4.57. The largest absolute Gasteiger partial charge is 0.497 e. The third-order valence-electron chi connectivity index (χ3n) is 7.67. The molecule has 9 nitrogen and oxygen atoms in total. The van der Waals surface area contributed by atoms with Gasteiger partial charge in [-0.3, -0.25) is 19.7 Å². The second kappa shape index (κ2) is 10.1. The van der Waals surface area contributed by atoms with Crippen LogP contribution >= 0.6 is 22.9 Å². The molecule has 1 saturated carbocycles. The van der Waals surface area contributed by atoms with Crippen molar-refractivity contribution in [3.05, 3.63) is 91.1 Å². The molecule has 39 heavy (non-hydrogen) atoms. The summed E-state index contributed by atoms with van der Waals surface area (Å²) in [5, 5.41) is 22.4. The fourth-order valence-electron chi connectivity index (χ4n) is 5.71. The van der Waals surface area contributed by atoms with Crippen molar-refractivity contribution >= 4 is 46.3 Å². The number of thiophene rings is 1. The molecule has 2 fully saturated rings. The Bertz CT molecular complexity index is 1490. The molecule has 1 saturated heterocycles. The van der Waals surface area contributed by atoms with Gasteiger partial charge in [-0.2, -0.15) is 0 Å². The van der Waals surface area contributed by atoms with Crippen LogP contribution in [0.3, 0.4) is 0 Å². The number of amides is 1. The second-order valence-electron chi connectivity index (χ2n) is 9.98. The van der Waals surface area contributed by atoms with Crippen LogP contribution in [0, 0.1) is 22.0 Å². The van der Waals surface area contributed by atoms with E-state index < -0.39 is 40.1 Å². The quantitative estimate of drug-likeness (QED) is 0.208. The summed E-state index contributed by atoms with van der Waals surface area (Å²) in [4.78, 5) is 54.2. The van der Waals surface area contributed by atoms with Gasteiger partial charge in [-0.25, -0.2) is 4.79 Å². The molecule has 0 spiro atoms. The standard InChI is InChI=1S/C28H25ClN2O7S/c1-28(27(34)35)23(16-5-4-8-19(14-16)38-2)22(25(32)20-11-12-21(29)39-20)24(30(28)26(33)15-9-10-15)17-6-3-7-18(13-17)31(36)37/h3-8,11-15,22-24H,9-10H2,1-2H3,(H,34,35). The number of likely N-dealkylation sites (tertiary alicyclic amines) is 1. The van der Waals surface area contributed by atoms with Crippen LogP contribution in [0.2, 0.25) is 4.34 Å². The van der Waals surface area contributed by atoms with Gasteiger partial charge in [-0.15, -0.1) is 11.3 Å². The number of ketones is 1. The number of methoxy groups -OCH3 is 1. The van der Waals surface area contributed by atoms with Gasteiger partial charge in [0.25, 0.3) is 5.69 Å². The van der Waals surface area contributed by atoms with Gasteiger partial charge in [0.2, 0.25) is 5.91 Å². The first kappa shape index (κ1) is 26.8. The summed E-state index contributed by atoms with van der Waals surface area (Å²) in [5.41, 5.74) is -1.26. The summed E-state index contributed by atoms with van der Waals surface area (Å²) in [5.74, 6) is -4.06. The molecule has 0 bridgehead atoms. The average Bonchev–Trinajstić information content (AvgIpc) is 3.62. The normalized spacial score (nSPS) is 24.4. The van der Waals surface area contributed by atoms with E-state index in [0.717, 1.165) is 11.3 Å². The Labute approximate surface area is 233 Å². The number of hydrogen-bond acceptors (Lipinski definition) is 7. The summed E-state index contributed by atoms with van der Waals surface area (Å²) in [6, 6.07) is 14.6. The van der Waals surface area contributed by atoms with Crippen LogP contribution in [0.1, 0.15) is 52.5 Å². The predicted octanol–water partition coefficient (Wildman–Crippen LogP) is 5.74. The molecule has 1 aromatic heterocycles. The van der Waals surface area contributed by atoms with Crippen molar-refractivity contribution in [1.29, 1.82) is 0 Å². The van der Waals surface area contributed by atoms with Crippen molar-refractivity contribution < 1.29 is 29.2 Å². The van der Waals surface area contributed by atoms with Gasteiger partial charge in [-0.05, 0) is 55.2 Å². The number of nitro benzene ring substituents is 1. The first-order valence-corrected chi connectivity index (χ1v) is 13.5. The van der Waals surface area contributed by atoms with Gasteiger partial charge in [0, 0.05) is 24.0 Å². The monoisotopic (exact) mass is 568 g/mol. The minimum absolute atomic E-state index is 0.224. The predicted molar refractivity (Wildman–Crippen MR) is 144 cm³/mol. The zero-order valence-corrected chi connectivity index (χ0v) is 22.6. The van der Waals surface area contributed by atoms with E-state index in [9.17, 15) is 29.6 Å². The number of hydrogen-bond donors (Lipinski definition) is 1. The fourth-order valence-corrected chi connectivity index (χ4v) is 6.74. The Balaban J connectivity index is 1.82. The number of halogens is 1. The highest BCUT2D eigenvalue weighted by atomic mass is 35.5. The van der Waals surface area contributed by atoms with Crippen molar-refractivity contribution in [3.8, 4) is 5.75 Å². The van der Waals surface area contributed by atoms with Crippen LogP contribution < -0.4 is 4.74 Å². The summed E-state index contributed by atoms with van der Waals surface area (Å²) >= 11 is 7.23. The van der Waals surface area contributed by atoms with Crippen LogP contribution in [0.4, 0.5) is 5.69 Å². The summed E-state index contributed by atoms with van der Waals surface area (Å²) in [6.07, 6.45) is 1.21. The molecular formula is C28H25ClN2O7S. The summed E-state index contributed by atoms with van der Waals surface area (Å²) in [7, 11) is 1.48. The molecule has 2 heterocycles. The maximum absolute atomic E-state index is 14.3. The molecule has 1 aliphatic carbocycles. The van der Waals surface area contributed by atoms with Crippen molar-refractivity contribution in [2.45, 2.75) is 37.3 Å². The minimum atomic E-state index is -1.86. The SMILES string of the molecule is COc1cccc(C2C(C(=O)c3ccc(Cl)s3)C(c3cccc([N+](=O)[O-])c3)N(C(=O)C3CC3)C2(C)C(=O)O)c1. The van der Waals surface area contributed by atoms with E-state index >= 15 is 0 Å². The van der Waals surface area contributed by atoms with E-state index in [1.807, 2.05) is 0 Å². The molecule has 1 amide bonds. The minimum Gasteiger partial charge on any atom is -0.497 e. The molecule has 1 aliphatic heterocycles. The molecular weight excluding hydrogens is 544 g/mol. The molecule has 0 radical (unpaired) electrons. The van der Waals surface area contributed by atoms with Crippen LogP contribution in [0.25, 0.3) is 0 Å². The molecule has 5 rings (SSSR count). The van der Waals surface area contributed by atoms with Crippen molar-refractivity contribution in [1.82, 2.24) is 4.90 Å². The Morgan fingerprint density at radius 1 is 1.10 bits per heavy atom. The summed E-state index contributed by atoms with van der Waals surface area (Å²) < 4.78 is 5.78. The molecule has 3 aromatic rings. The number of carboxylic acids is 1. The number of carbonyl (C=O) groups excluding carboxylic acids is 2. The van der Waals surface area contributed by atoms with E-state index in [1.54, 1.807) is 42.5 Å². The summed E-state index contributed by atoms with van der Waals surface area (Å²) in [6.45, 7) is 1.46. The first-order valence-electron chi connectivity index (χ1n) is 12.3. The molecule has 2 aromatic carbocycles. The smallest absolute Gasteiger partial charge is 0.330 e. The number of carboxylic acid groups (broad SMARTS) is 1. The van der Waals surface area contributed by atoms with Gasteiger partial charge in [0.1, 0.15) is 11.3 Å². The number of rotatable bonds is 8. The number of benzene rings is 2. The maximum Gasteiger partial charge on any atom is 0.330 e. The Morgan fingerprint density at radius 2 is 1.79 bits per heavy atom. The molecule has 2 aliphatic rings. The highest BCUT2D eigenvalue weighted by molar-refractivity contribution is 7.18. The van der Waals surface area contributed by atoms with Crippen molar-refractivity contribution in [2.24, 2.45) is 11.8 Å². The number of carbonyl (C=O) groups is 3. The lowest BCUT2D eigenvalue weighted by Gasteiger charge is -2.38. The fraction of sp³-hybridized carbons (Fsp3) is 0.321. The van der Waals surface area contributed by atoms with Gasteiger partial charge < -0.3 is 14.7 Å². The van der Waals surface area contributed by atoms with Gasteiger partial charge >= 0.3 is 5.97 Å². The zero-order valence-electron chi connectivity index (χ0n) is 21.1. The van der Waals surface area contributed by atoms with E-state index in [1.165, 1.54) is 37.1 Å². The zero-order chi connectivity index (χ0) is 28.1. The van der Waals surface area contributed by atoms with E-state index in [4.69, 9.17) is 16.3 Å². The number of ether oxygens (including phenoxy) is 1. The second-order valence-corrected chi connectivity index (χ2v) is 11.7. The average molecular weight is 569 g/mol. The van der Waals surface area contributed by atoms with Crippen LogP contribution in [-0.2, 0) is 9.59 Å². The Morgan fingerprint density at radius 3 is 2.38 bits per heavy atom. The van der Waals surface area contributed by atoms with Gasteiger partial charge in [0.05, 0.1) is 33.2 Å². The Kier molecular flexibility index (Phi) is 6.94. The number of nitro groups is 1. The van der Waals surface area contributed by atoms with Gasteiger partial charge in [-0.1, -0.05) is 35.9 Å². The van der Waals surface area contributed by atoms with E-state index in [-0.39, 0.29) is 17.5 Å². The first-order chi connectivity index (χ1) is 18.6. The van der Waals surface area contributed by atoms with Crippen LogP contribution in [0.5, 0.6) is 5.75 Å². The number of Topliss-reactive ketones (excluding diaryl/α,β-unsaturated/α-hetero) is 1. The van der Waals surface area contributed by atoms with Crippen LogP contribution in [-0.4, -0.2) is 45.2 Å². The van der Waals surface area contributed by atoms with E-state index in [0.29, 0.717) is 38.9 Å². The lowest BCUT2D eigenvalue weighted by molar-refractivity contribution is -0.385. The number of non-ortho nitro benzene ring substituents is 1. The van der Waals surface area contributed by atoms with E-state index in [2.05, 4.69) is 0 Å². The third-order valence-corrected chi connectivity index (χ3v) is 8.92. The van der Waals surface area contributed by atoms with Crippen LogP contribution in [0.15, 0.2) is 60.7 Å². The maximum atomic E-state index is 14.3. The van der Waals surface area contributed by atoms with Gasteiger partial charge in [0.15, 0.2) is 5.78 Å². The molecule has 202 valence electrons. The molecule has 4 atom stereocenters.